The molecule has 1 heterocycles. The Balaban J connectivity index is 1.47. The molecule has 0 fully saturated rings. The summed E-state index contributed by atoms with van der Waals surface area (Å²) in [6, 6.07) is 14.9. The average Bonchev–Trinajstić information content (AvgIpc) is 3.10. The molecule has 1 aromatic heterocycles. The number of anilines is 1. The maximum Gasteiger partial charge on any atom is 0.416 e. The predicted octanol–water partition coefficient (Wildman–Crippen LogP) is 8.36. The zero-order valence-electron chi connectivity index (χ0n) is 20.2. The number of aryl methyl sites for hydroxylation is 1. The number of rotatable bonds is 7. The Hall–Kier alpha value is -3.20. The van der Waals surface area contributed by atoms with E-state index in [0.29, 0.717) is 38.8 Å². The van der Waals surface area contributed by atoms with Crippen LogP contribution in [-0.4, -0.2) is 15.7 Å². The molecule has 3 aromatic carbocycles. The number of aromatic nitrogens is 2. The molecule has 0 saturated heterocycles. The molecule has 0 bridgehead atoms. The zero-order chi connectivity index (χ0) is 27.6. The molecule has 0 aliphatic carbocycles. The van der Waals surface area contributed by atoms with Crippen LogP contribution in [0.4, 0.5) is 18.9 Å². The normalized spacial score (nSPS) is 11.5. The number of benzene rings is 3. The van der Waals surface area contributed by atoms with Crippen LogP contribution in [0, 0.1) is 13.8 Å². The minimum atomic E-state index is -4.43. The van der Waals surface area contributed by atoms with Crippen molar-refractivity contribution in [1.29, 1.82) is 0 Å². The molecule has 38 heavy (non-hydrogen) atoms. The van der Waals surface area contributed by atoms with E-state index in [0.717, 1.165) is 12.1 Å². The standard InChI is InChI=1S/C27H21Cl3F3N3O2/c1-15-24(16(2)36(35-15)13-17-5-4-8-20(10-17)27(31,32)33)34-26(37)19-7-3-6-18(9-19)14-38-25-22(29)11-21(28)12-23(25)30/h3-12H,13-14H2,1-2H3,(H,34,37). The fourth-order valence-corrected chi connectivity index (χ4v) is 4.79. The Bertz CT molecular complexity index is 1480. The molecule has 11 heteroatoms. The number of carbonyl (C=O) groups excluding carboxylic acids is 1. The van der Waals surface area contributed by atoms with Crippen LogP contribution < -0.4 is 10.1 Å². The number of ether oxygens (including phenoxy) is 1. The molecule has 4 aromatic rings. The summed E-state index contributed by atoms with van der Waals surface area (Å²) in [5.41, 5.74) is 2.43. The van der Waals surface area contributed by atoms with Crippen molar-refractivity contribution in [3.05, 3.63) is 109 Å². The first-order valence-corrected chi connectivity index (χ1v) is 12.4. The van der Waals surface area contributed by atoms with E-state index >= 15 is 0 Å². The molecular formula is C27H21Cl3F3N3O2. The van der Waals surface area contributed by atoms with Gasteiger partial charge in [0, 0.05) is 10.6 Å². The lowest BCUT2D eigenvalue weighted by atomic mass is 10.1. The highest BCUT2D eigenvalue weighted by molar-refractivity contribution is 6.40. The molecule has 0 radical (unpaired) electrons. The second-order valence-corrected chi connectivity index (χ2v) is 9.79. The number of nitrogens with zero attached hydrogens (tertiary/aromatic N) is 2. The fourth-order valence-electron chi connectivity index (χ4n) is 3.86. The molecule has 0 spiro atoms. The summed E-state index contributed by atoms with van der Waals surface area (Å²) in [7, 11) is 0. The number of amides is 1. The third kappa shape index (κ3) is 6.43. The number of hydrogen-bond acceptors (Lipinski definition) is 3. The number of carbonyl (C=O) groups is 1. The van der Waals surface area contributed by atoms with Gasteiger partial charge in [-0.05, 0) is 61.4 Å². The van der Waals surface area contributed by atoms with Crippen molar-refractivity contribution in [2.24, 2.45) is 0 Å². The Morgan fingerprint density at radius 1 is 0.974 bits per heavy atom. The minimum absolute atomic E-state index is 0.106. The molecule has 0 aliphatic rings. The number of halogens is 6. The lowest BCUT2D eigenvalue weighted by Gasteiger charge is -2.12. The van der Waals surface area contributed by atoms with E-state index in [1.165, 1.54) is 18.2 Å². The van der Waals surface area contributed by atoms with E-state index < -0.39 is 11.7 Å². The van der Waals surface area contributed by atoms with Gasteiger partial charge in [-0.1, -0.05) is 59.1 Å². The van der Waals surface area contributed by atoms with Gasteiger partial charge in [0.05, 0.1) is 39.2 Å². The van der Waals surface area contributed by atoms with Crippen molar-refractivity contribution in [2.45, 2.75) is 33.2 Å². The van der Waals surface area contributed by atoms with Crippen molar-refractivity contribution >= 4 is 46.4 Å². The summed E-state index contributed by atoms with van der Waals surface area (Å²) < 4.78 is 46.5. The molecule has 1 N–H and O–H groups in total. The zero-order valence-corrected chi connectivity index (χ0v) is 22.4. The predicted molar refractivity (Wildman–Crippen MR) is 142 cm³/mol. The highest BCUT2D eigenvalue weighted by atomic mass is 35.5. The van der Waals surface area contributed by atoms with E-state index in [1.807, 2.05) is 0 Å². The van der Waals surface area contributed by atoms with E-state index in [9.17, 15) is 18.0 Å². The number of nitrogens with one attached hydrogen (secondary N) is 1. The quantitative estimate of drug-likeness (QED) is 0.238. The highest BCUT2D eigenvalue weighted by Gasteiger charge is 2.30. The van der Waals surface area contributed by atoms with Gasteiger partial charge < -0.3 is 10.1 Å². The van der Waals surface area contributed by atoms with Crippen LogP contribution in [0.15, 0.2) is 60.7 Å². The third-order valence-corrected chi connectivity index (χ3v) is 6.52. The van der Waals surface area contributed by atoms with Gasteiger partial charge in [-0.15, -0.1) is 0 Å². The van der Waals surface area contributed by atoms with Crippen LogP contribution in [-0.2, 0) is 19.3 Å². The molecule has 0 saturated carbocycles. The van der Waals surface area contributed by atoms with E-state index in [4.69, 9.17) is 39.5 Å². The average molecular weight is 583 g/mol. The van der Waals surface area contributed by atoms with Gasteiger partial charge in [0.15, 0.2) is 5.75 Å². The summed E-state index contributed by atoms with van der Waals surface area (Å²) in [6.45, 7) is 3.69. The molecular weight excluding hydrogens is 562 g/mol. The highest BCUT2D eigenvalue weighted by Crippen LogP contribution is 2.36. The first-order valence-electron chi connectivity index (χ1n) is 11.3. The fraction of sp³-hybridized carbons (Fsp3) is 0.185. The molecule has 4 rings (SSSR count). The Kier molecular flexibility index (Phi) is 8.25. The first kappa shape index (κ1) is 27.8. The van der Waals surface area contributed by atoms with Crippen LogP contribution >= 0.6 is 34.8 Å². The van der Waals surface area contributed by atoms with Crippen LogP contribution in [0.5, 0.6) is 5.75 Å². The maximum atomic E-state index is 13.1. The van der Waals surface area contributed by atoms with Gasteiger partial charge in [0.25, 0.3) is 5.91 Å². The molecule has 0 atom stereocenters. The van der Waals surface area contributed by atoms with Gasteiger partial charge in [-0.25, -0.2) is 0 Å². The summed E-state index contributed by atoms with van der Waals surface area (Å²) in [5, 5.41) is 8.20. The Labute approximate surface area is 232 Å². The van der Waals surface area contributed by atoms with Crippen molar-refractivity contribution in [3.63, 3.8) is 0 Å². The third-order valence-electron chi connectivity index (χ3n) is 5.74. The Morgan fingerprint density at radius 3 is 2.32 bits per heavy atom. The van der Waals surface area contributed by atoms with Crippen LogP contribution in [0.25, 0.3) is 0 Å². The van der Waals surface area contributed by atoms with E-state index in [1.54, 1.807) is 48.9 Å². The van der Waals surface area contributed by atoms with Crippen LogP contribution in [0.3, 0.4) is 0 Å². The molecule has 0 aliphatic heterocycles. The van der Waals surface area contributed by atoms with Crippen molar-refractivity contribution < 1.29 is 22.7 Å². The van der Waals surface area contributed by atoms with Crippen LogP contribution in [0.2, 0.25) is 15.1 Å². The lowest BCUT2D eigenvalue weighted by molar-refractivity contribution is -0.137. The maximum absolute atomic E-state index is 13.1. The van der Waals surface area contributed by atoms with Gasteiger partial charge >= 0.3 is 6.18 Å². The topological polar surface area (TPSA) is 56.2 Å². The second-order valence-electron chi connectivity index (χ2n) is 8.54. The van der Waals surface area contributed by atoms with Crippen LogP contribution in [0.1, 0.15) is 38.4 Å². The number of hydrogen-bond donors (Lipinski definition) is 1. The second kappa shape index (κ2) is 11.3. The Morgan fingerprint density at radius 2 is 1.63 bits per heavy atom. The smallest absolute Gasteiger partial charge is 0.416 e. The van der Waals surface area contributed by atoms with Gasteiger partial charge in [-0.3, -0.25) is 9.48 Å². The van der Waals surface area contributed by atoms with E-state index in [2.05, 4.69) is 10.4 Å². The monoisotopic (exact) mass is 581 g/mol. The number of alkyl halides is 3. The van der Waals surface area contributed by atoms with Gasteiger partial charge in [-0.2, -0.15) is 18.3 Å². The van der Waals surface area contributed by atoms with E-state index in [-0.39, 0.29) is 34.9 Å². The molecule has 1 amide bonds. The van der Waals surface area contributed by atoms with Crippen molar-refractivity contribution in [1.82, 2.24) is 9.78 Å². The summed E-state index contributed by atoms with van der Waals surface area (Å²) in [6.07, 6.45) is -4.43. The molecule has 198 valence electrons. The van der Waals surface area contributed by atoms with Gasteiger partial charge in [0.2, 0.25) is 0 Å². The molecule has 0 unspecified atom stereocenters. The summed E-state index contributed by atoms with van der Waals surface area (Å²) in [5.74, 6) is -0.0914. The minimum Gasteiger partial charge on any atom is -0.486 e. The SMILES string of the molecule is Cc1nn(Cc2cccc(C(F)(F)F)c2)c(C)c1NC(=O)c1cccc(COc2c(Cl)cc(Cl)cc2Cl)c1. The van der Waals surface area contributed by atoms with Crippen molar-refractivity contribution in [3.8, 4) is 5.75 Å². The van der Waals surface area contributed by atoms with Crippen molar-refractivity contribution in [2.75, 3.05) is 5.32 Å². The largest absolute Gasteiger partial charge is 0.486 e. The summed E-state index contributed by atoms with van der Waals surface area (Å²) in [4.78, 5) is 13.0. The lowest BCUT2D eigenvalue weighted by Crippen LogP contribution is -2.14. The summed E-state index contributed by atoms with van der Waals surface area (Å²) >= 11 is 18.3. The van der Waals surface area contributed by atoms with Gasteiger partial charge in [0.1, 0.15) is 6.61 Å². The molecule has 5 nitrogen and oxygen atoms in total. The first-order chi connectivity index (χ1) is 17.9.